The predicted molar refractivity (Wildman–Crippen MR) is 71.0 cm³/mol. The SMILES string of the molecule is C#CCCCCCCCCCCCC.[Li]. The van der Waals surface area contributed by atoms with Crippen molar-refractivity contribution in [1.82, 2.24) is 0 Å². The van der Waals surface area contributed by atoms with Crippen molar-refractivity contribution in [2.24, 2.45) is 0 Å². The fraction of sp³-hybridized carbons (Fsp3) is 0.857. The molecule has 0 aromatic heterocycles. The Bertz CT molecular complexity index is 135. The average Bonchev–Trinajstić information content (AvgIpc) is 2.21. The molecule has 0 aromatic carbocycles. The van der Waals surface area contributed by atoms with Crippen LogP contribution in [-0.2, 0) is 0 Å². The van der Waals surface area contributed by atoms with Crippen molar-refractivity contribution in [2.45, 2.75) is 77.6 Å². The molecule has 0 aliphatic heterocycles. The minimum Gasteiger partial charge on any atom is -0.120 e. The molecule has 0 heterocycles. The molecule has 0 bridgehead atoms. The molecule has 1 heteroatoms. The number of hydrogen-bond donors (Lipinski definition) is 0. The fourth-order valence-corrected chi connectivity index (χ4v) is 1.71. The van der Waals surface area contributed by atoms with Crippen LogP contribution in [0.4, 0.5) is 0 Å². The Labute approximate surface area is 109 Å². The van der Waals surface area contributed by atoms with Gasteiger partial charge in [0.05, 0.1) is 0 Å². The van der Waals surface area contributed by atoms with E-state index in [1.165, 1.54) is 64.2 Å². The van der Waals surface area contributed by atoms with Crippen LogP contribution in [0.5, 0.6) is 0 Å². The summed E-state index contributed by atoms with van der Waals surface area (Å²) in [6, 6.07) is 0. The maximum Gasteiger partial charge on any atom is 0.00860 e. The molecule has 0 nitrogen and oxygen atoms in total. The first-order valence-electron chi connectivity index (χ1n) is 6.35. The van der Waals surface area contributed by atoms with E-state index in [0.717, 1.165) is 6.42 Å². The molecule has 0 rings (SSSR count). The third kappa shape index (κ3) is 16.8. The van der Waals surface area contributed by atoms with E-state index in [1.807, 2.05) is 0 Å². The Morgan fingerprint density at radius 3 is 1.53 bits per heavy atom. The molecule has 0 aliphatic carbocycles. The zero-order valence-electron chi connectivity index (χ0n) is 10.9. The molecule has 0 aromatic rings. The maximum atomic E-state index is 5.19. The summed E-state index contributed by atoms with van der Waals surface area (Å²) in [5.41, 5.74) is 0. The topological polar surface area (TPSA) is 0 Å². The molecule has 0 aliphatic rings. The fourth-order valence-electron chi connectivity index (χ4n) is 1.71. The van der Waals surface area contributed by atoms with Crippen LogP contribution in [-0.4, -0.2) is 18.9 Å². The zero-order valence-corrected chi connectivity index (χ0v) is 10.9. The van der Waals surface area contributed by atoms with Crippen molar-refractivity contribution in [3.63, 3.8) is 0 Å². The van der Waals surface area contributed by atoms with Gasteiger partial charge in [-0.05, 0) is 6.42 Å². The van der Waals surface area contributed by atoms with Gasteiger partial charge in [0.15, 0.2) is 0 Å². The van der Waals surface area contributed by atoms with E-state index in [4.69, 9.17) is 6.42 Å². The first-order chi connectivity index (χ1) is 6.91. The van der Waals surface area contributed by atoms with Gasteiger partial charge < -0.3 is 0 Å². The van der Waals surface area contributed by atoms with Crippen molar-refractivity contribution in [1.29, 1.82) is 0 Å². The average molecular weight is 201 g/mol. The smallest absolute Gasteiger partial charge is 0.00860 e. The van der Waals surface area contributed by atoms with E-state index in [-0.39, 0.29) is 18.9 Å². The number of unbranched alkanes of at least 4 members (excludes halogenated alkanes) is 10. The van der Waals surface area contributed by atoms with Crippen LogP contribution in [0.1, 0.15) is 77.6 Å². The molecule has 0 unspecified atom stereocenters. The summed E-state index contributed by atoms with van der Waals surface area (Å²) in [6.45, 7) is 2.27. The van der Waals surface area contributed by atoms with Crippen molar-refractivity contribution < 1.29 is 0 Å². The Hall–Kier alpha value is 0.157. The standard InChI is InChI=1S/C14H26.Li/c1-3-5-7-9-11-13-14-12-10-8-6-4-2;/h1H,4-14H2,2H3;. The second kappa shape index (κ2) is 16.6. The summed E-state index contributed by atoms with van der Waals surface area (Å²) >= 11 is 0. The summed E-state index contributed by atoms with van der Waals surface area (Å²) in [4.78, 5) is 0. The maximum absolute atomic E-state index is 5.19. The van der Waals surface area contributed by atoms with Gasteiger partial charge in [0, 0.05) is 25.3 Å². The first kappa shape index (κ1) is 17.5. The largest absolute Gasteiger partial charge is 0.120 e. The van der Waals surface area contributed by atoms with Gasteiger partial charge in [-0.2, -0.15) is 0 Å². The van der Waals surface area contributed by atoms with E-state index in [2.05, 4.69) is 12.8 Å². The van der Waals surface area contributed by atoms with Crippen LogP contribution in [0.3, 0.4) is 0 Å². The quantitative estimate of drug-likeness (QED) is 0.276. The Balaban J connectivity index is 0. The second-order valence-corrected chi connectivity index (χ2v) is 4.14. The van der Waals surface area contributed by atoms with Gasteiger partial charge in [0.2, 0.25) is 0 Å². The minimum atomic E-state index is 0. The van der Waals surface area contributed by atoms with E-state index in [0.29, 0.717) is 0 Å². The molecule has 0 saturated carbocycles. The summed E-state index contributed by atoms with van der Waals surface area (Å²) in [6.07, 6.45) is 20.0. The molecular formula is C14H26Li. The molecule has 0 spiro atoms. The number of hydrogen-bond acceptors (Lipinski definition) is 0. The van der Waals surface area contributed by atoms with E-state index in [1.54, 1.807) is 0 Å². The summed E-state index contributed by atoms with van der Waals surface area (Å²) in [5, 5.41) is 0. The molecule has 0 fully saturated rings. The van der Waals surface area contributed by atoms with Crippen LogP contribution in [0.25, 0.3) is 0 Å². The van der Waals surface area contributed by atoms with E-state index in [9.17, 15) is 0 Å². The molecular weight excluding hydrogens is 175 g/mol. The van der Waals surface area contributed by atoms with Crippen molar-refractivity contribution in [2.75, 3.05) is 0 Å². The van der Waals surface area contributed by atoms with Crippen LogP contribution in [0.15, 0.2) is 0 Å². The van der Waals surface area contributed by atoms with E-state index >= 15 is 0 Å². The van der Waals surface area contributed by atoms with Gasteiger partial charge in [0.25, 0.3) is 0 Å². The summed E-state index contributed by atoms with van der Waals surface area (Å²) in [5.74, 6) is 2.69. The van der Waals surface area contributed by atoms with E-state index < -0.39 is 0 Å². The molecule has 0 amide bonds. The Morgan fingerprint density at radius 2 is 1.13 bits per heavy atom. The first-order valence-corrected chi connectivity index (χ1v) is 6.35. The van der Waals surface area contributed by atoms with Crippen molar-refractivity contribution in [3.8, 4) is 12.3 Å². The van der Waals surface area contributed by atoms with Gasteiger partial charge >= 0.3 is 0 Å². The Morgan fingerprint density at radius 1 is 0.733 bits per heavy atom. The third-order valence-corrected chi connectivity index (χ3v) is 2.67. The normalized spacial score (nSPS) is 9.33. The van der Waals surface area contributed by atoms with Crippen LogP contribution < -0.4 is 0 Å². The summed E-state index contributed by atoms with van der Waals surface area (Å²) < 4.78 is 0. The van der Waals surface area contributed by atoms with Crippen LogP contribution in [0, 0.1) is 12.3 Å². The predicted octanol–water partition coefficient (Wildman–Crippen LogP) is 4.55. The van der Waals surface area contributed by atoms with Crippen molar-refractivity contribution in [3.05, 3.63) is 0 Å². The molecule has 15 heavy (non-hydrogen) atoms. The molecule has 83 valence electrons. The van der Waals surface area contributed by atoms with Gasteiger partial charge in [-0.3, -0.25) is 0 Å². The zero-order chi connectivity index (χ0) is 10.5. The molecule has 0 N–H and O–H groups in total. The number of rotatable bonds is 10. The monoisotopic (exact) mass is 201 g/mol. The minimum absolute atomic E-state index is 0. The third-order valence-electron chi connectivity index (χ3n) is 2.67. The van der Waals surface area contributed by atoms with Gasteiger partial charge in [-0.1, -0.05) is 64.7 Å². The molecule has 0 atom stereocenters. The molecule has 1 radical (unpaired) electrons. The van der Waals surface area contributed by atoms with Gasteiger partial charge in [0.1, 0.15) is 0 Å². The van der Waals surface area contributed by atoms with Crippen LogP contribution in [0.2, 0.25) is 0 Å². The van der Waals surface area contributed by atoms with Crippen molar-refractivity contribution >= 4 is 18.9 Å². The Kier molecular flexibility index (Phi) is 19.4. The van der Waals surface area contributed by atoms with Gasteiger partial charge in [-0.15, -0.1) is 12.3 Å². The number of terminal acetylenes is 1. The van der Waals surface area contributed by atoms with Gasteiger partial charge in [-0.25, -0.2) is 0 Å². The summed E-state index contributed by atoms with van der Waals surface area (Å²) in [7, 11) is 0. The van der Waals surface area contributed by atoms with Crippen LogP contribution >= 0.6 is 0 Å². The second-order valence-electron chi connectivity index (χ2n) is 4.14. The molecule has 0 saturated heterocycles.